The maximum Gasteiger partial charge on any atom is 0.416 e. The van der Waals surface area contributed by atoms with Crippen LogP contribution in [0.25, 0.3) is 0 Å². The number of nitrogens with zero attached hydrogens (tertiary/aromatic N) is 4. The summed E-state index contributed by atoms with van der Waals surface area (Å²) in [6, 6.07) is 9.54. The topological polar surface area (TPSA) is 70.5 Å². The Morgan fingerprint density at radius 2 is 1.71 bits per heavy atom. The summed E-state index contributed by atoms with van der Waals surface area (Å²) >= 11 is 0. The van der Waals surface area contributed by atoms with Crippen molar-refractivity contribution >= 4 is 16.9 Å². The summed E-state index contributed by atoms with van der Waals surface area (Å²) in [6.07, 6.45) is -3.66. The van der Waals surface area contributed by atoms with E-state index in [-0.39, 0.29) is 31.0 Å². The zero-order valence-electron chi connectivity index (χ0n) is 22.8. The van der Waals surface area contributed by atoms with Crippen molar-refractivity contribution in [1.29, 1.82) is 0 Å². The lowest BCUT2D eigenvalue weighted by atomic mass is 10.0. The third-order valence-electron chi connectivity index (χ3n) is 7.18. The summed E-state index contributed by atoms with van der Waals surface area (Å²) in [5.74, 6) is -0.348. The molecule has 1 amide bonds. The highest BCUT2D eigenvalue weighted by Crippen LogP contribution is 2.32. The van der Waals surface area contributed by atoms with Gasteiger partial charge in [0.05, 0.1) is 28.4 Å². The molecule has 1 aliphatic rings. The van der Waals surface area contributed by atoms with E-state index >= 15 is 0 Å². The van der Waals surface area contributed by atoms with Gasteiger partial charge in [0, 0.05) is 63.8 Å². The Bertz CT molecular complexity index is 1380. The van der Waals surface area contributed by atoms with Crippen molar-refractivity contribution in [1.82, 2.24) is 24.1 Å². The second-order valence-electron chi connectivity index (χ2n) is 10.0. The summed E-state index contributed by atoms with van der Waals surface area (Å²) in [5.41, 5.74) is 0.201. The third-order valence-corrected chi connectivity index (χ3v) is 8.28. The number of carbonyl (C=O) groups excluding carboxylic acids is 1. The average molecular weight is 616 g/mol. The number of hydrogen-bond acceptors (Lipinski definition) is 4. The van der Waals surface area contributed by atoms with Crippen molar-refractivity contribution in [2.75, 3.05) is 39.0 Å². The van der Waals surface area contributed by atoms with Gasteiger partial charge in [-0.3, -0.25) is 9.69 Å². The Hall–Kier alpha value is -3.23. The van der Waals surface area contributed by atoms with Gasteiger partial charge in [0.25, 0.3) is 0 Å². The van der Waals surface area contributed by atoms with E-state index in [1.54, 1.807) is 27.5 Å². The summed E-state index contributed by atoms with van der Waals surface area (Å²) < 4.78 is 94.4. The van der Waals surface area contributed by atoms with Crippen LogP contribution < -0.4 is 5.32 Å². The van der Waals surface area contributed by atoms with E-state index in [1.807, 2.05) is 4.90 Å². The van der Waals surface area contributed by atoms with Crippen LogP contribution >= 0.6 is 0 Å². The fourth-order valence-electron chi connectivity index (χ4n) is 4.97. The molecule has 2 heterocycles. The van der Waals surface area contributed by atoms with Crippen LogP contribution in [-0.2, 0) is 47.5 Å². The number of halogens is 6. The number of rotatable bonds is 10. The van der Waals surface area contributed by atoms with E-state index in [9.17, 15) is 35.3 Å². The second kappa shape index (κ2) is 13.4. The van der Waals surface area contributed by atoms with Gasteiger partial charge in [0.15, 0.2) is 0 Å². The lowest BCUT2D eigenvalue weighted by Crippen LogP contribution is -2.59. The van der Waals surface area contributed by atoms with Gasteiger partial charge >= 0.3 is 12.4 Å². The van der Waals surface area contributed by atoms with E-state index in [4.69, 9.17) is 0 Å². The zero-order valence-corrected chi connectivity index (χ0v) is 23.6. The zero-order chi connectivity index (χ0) is 30.5. The number of alkyl halides is 6. The van der Waals surface area contributed by atoms with Crippen LogP contribution in [0, 0.1) is 0 Å². The Morgan fingerprint density at radius 3 is 2.38 bits per heavy atom. The highest BCUT2D eigenvalue weighted by molar-refractivity contribution is 7.81. The highest BCUT2D eigenvalue weighted by atomic mass is 32.2. The number of hydrogen-bond donors (Lipinski definition) is 1. The van der Waals surface area contributed by atoms with Crippen LogP contribution in [0.5, 0.6) is 0 Å². The summed E-state index contributed by atoms with van der Waals surface area (Å²) in [4.78, 5) is 19.2. The Balaban J connectivity index is 1.33. The average Bonchev–Trinajstić information content (AvgIpc) is 3.37. The number of benzene rings is 2. The molecule has 7 nitrogen and oxygen atoms in total. The minimum absolute atomic E-state index is 0.155. The van der Waals surface area contributed by atoms with Crippen molar-refractivity contribution in [2.45, 2.75) is 37.8 Å². The van der Waals surface area contributed by atoms with Crippen molar-refractivity contribution in [3.8, 4) is 0 Å². The molecule has 1 aromatic heterocycles. The molecule has 2 aromatic carbocycles. The maximum atomic E-state index is 13.4. The maximum absolute atomic E-state index is 13.4. The van der Waals surface area contributed by atoms with Gasteiger partial charge in [-0.05, 0) is 35.7 Å². The fourth-order valence-corrected chi connectivity index (χ4v) is 5.83. The number of aromatic nitrogens is 2. The van der Waals surface area contributed by atoms with Gasteiger partial charge < -0.3 is 9.88 Å². The van der Waals surface area contributed by atoms with Gasteiger partial charge in [0.1, 0.15) is 6.04 Å². The minimum atomic E-state index is -4.45. The highest BCUT2D eigenvalue weighted by Gasteiger charge is 2.36. The normalized spacial score (nSPS) is 17.7. The molecule has 42 heavy (non-hydrogen) atoms. The van der Waals surface area contributed by atoms with E-state index < -0.39 is 40.5 Å². The number of carbonyl (C=O) groups is 1. The monoisotopic (exact) mass is 615 g/mol. The first-order valence-corrected chi connectivity index (χ1v) is 14.7. The quantitative estimate of drug-likeness (QED) is 0.348. The van der Waals surface area contributed by atoms with E-state index in [2.05, 4.69) is 10.3 Å². The summed E-state index contributed by atoms with van der Waals surface area (Å²) in [5, 5.41) is 2.86. The minimum Gasteiger partial charge on any atom is -0.354 e. The number of amides is 1. The van der Waals surface area contributed by atoms with Crippen LogP contribution in [0.3, 0.4) is 0 Å². The Labute approximate surface area is 242 Å². The number of piperazine rings is 1. The van der Waals surface area contributed by atoms with Gasteiger partial charge in [-0.25, -0.2) is 13.5 Å². The van der Waals surface area contributed by atoms with Crippen LogP contribution in [0.15, 0.2) is 61.1 Å². The second-order valence-corrected chi connectivity index (χ2v) is 11.4. The molecule has 0 bridgehead atoms. The van der Waals surface area contributed by atoms with Crippen LogP contribution in [0.4, 0.5) is 26.3 Å². The molecule has 0 aliphatic carbocycles. The summed E-state index contributed by atoms with van der Waals surface area (Å²) in [6.45, 7) is 1.84. The van der Waals surface area contributed by atoms with Gasteiger partial charge in [-0.15, -0.1) is 0 Å². The largest absolute Gasteiger partial charge is 0.416 e. The Morgan fingerprint density at radius 1 is 1.00 bits per heavy atom. The van der Waals surface area contributed by atoms with Gasteiger partial charge in [-0.2, -0.15) is 26.3 Å². The molecule has 1 saturated heterocycles. The summed E-state index contributed by atoms with van der Waals surface area (Å²) in [7, 11) is -1.43. The van der Waals surface area contributed by atoms with Crippen LogP contribution in [0.2, 0.25) is 0 Å². The molecule has 1 fully saturated rings. The van der Waals surface area contributed by atoms with E-state index in [1.165, 1.54) is 30.5 Å². The predicted molar refractivity (Wildman–Crippen MR) is 146 cm³/mol. The van der Waals surface area contributed by atoms with Crippen LogP contribution in [0.1, 0.15) is 27.9 Å². The molecular weight excluding hydrogens is 584 g/mol. The Kier molecular flexibility index (Phi) is 10.1. The smallest absolute Gasteiger partial charge is 0.354 e. The van der Waals surface area contributed by atoms with E-state index in [0.29, 0.717) is 38.2 Å². The van der Waals surface area contributed by atoms with E-state index in [0.717, 1.165) is 23.9 Å². The lowest BCUT2D eigenvalue weighted by Gasteiger charge is -2.39. The van der Waals surface area contributed by atoms with Gasteiger partial charge in [0.2, 0.25) is 5.91 Å². The number of nitrogens with one attached hydrogen (secondary N) is 1. The SMILES string of the molecule is CS(=O)N1CCN(CCc2ccccc2C(F)(F)F)CC1C(=O)NCCc1cncn1Cc1ccc(C(F)(F)F)cc1. The molecule has 4 rings (SSSR count). The predicted octanol–water partition coefficient (Wildman–Crippen LogP) is 4.15. The molecule has 228 valence electrons. The molecule has 1 N–H and O–H groups in total. The standard InChI is InChI=1S/C28H31F6N5O2S/c1-42(41)39-15-14-37(13-11-21-4-2-3-5-24(21)28(32,33)34)18-25(39)26(40)36-12-10-23-16-35-19-38(23)17-20-6-8-22(9-7-20)27(29,30)31/h2-9,16,19,25H,10-15,17-18H2,1H3,(H,36,40). The fraction of sp³-hybridized carbons (Fsp3) is 0.429. The first-order chi connectivity index (χ1) is 19.8. The molecule has 2 unspecified atom stereocenters. The molecule has 3 aromatic rings. The van der Waals surface area contributed by atoms with Gasteiger partial charge in [-0.1, -0.05) is 30.3 Å². The van der Waals surface area contributed by atoms with Crippen molar-refractivity contribution < 1.29 is 35.3 Å². The van der Waals surface area contributed by atoms with Crippen LogP contribution in [-0.4, -0.2) is 73.9 Å². The first-order valence-electron chi connectivity index (χ1n) is 13.2. The van der Waals surface area contributed by atoms with Crippen molar-refractivity contribution in [3.05, 3.63) is 89.0 Å². The molecule has 0 saturated carbocycles. The molecule has 14 heteroatoms. The molecular formula is C28H31F6N5O2S. The molecule has 1 aliphatic heterocycles. The number of imidazole rings is 1. The first kappa shape index (κ1) is 31.7. The molecule has 2 atom stereocenters. The van der Waals surface area contributed by atoms with Crippen molar-refractivity contribution in [2.24, 2.45) is 0 Å². The lowest BCUT2D eigenvalue weighted by molar-refractivity contribution is -0.138. The third kappa shape index (κ3) is 8.19. The molecule has 0 radical (unpaired) electrons. The molecule has 0 spiro atoms. The van der Waals surface area contributed by atoms with Crippen molar-refractivity contribution in [3.63, 3.8) is 0 Å².